The van der Waals surface area contributed by atoms with Crippen molar-refractivity contribution in [2.75, 3.05) is 0 Å². The van der Waals surface area contributed by atoms with Crippen molar-refractivity contribution >= 4 is 10.2 Å². The molecule has 0 aromatic rings. The highest BCUT2D eigenvalue weighted by atomic mass is 32.3. The first-order valence-corrected chi connectivity index (χ1v) is 6.47. The van der Waals surface area contributed by atoms with Crippen molar-refractivity contribution in [3.63, 3.8) is 0 Å². The fraction of sp³-hybridized carbons (Fsp3) is 1.00. The lowest BCUT2D eigenvalue weighted by Gasteiger charge is -2.28. The van der Waals surface area contributed by atoms with Gasteiger partial charge in [0.1, 0.15) is 0 Å². The van der Waals surface area contributed by atoms with Gasteiger partial charge in [0, 0.05) is 0 Å². The van der Waals surface area contributed by atoms with Gasteiger partial charge < -0.3 is 0 Å². The van der Waals surface area contributed by atoms with E-state index < -0.39 is 15.5 Å². The number of rotatable bonds is 2. The topological polar surface area (TPSA) is 34.1 Å². The molecule has 0 aromatic carbocycles. The number of halogens is 1. The van der Waals surface area contributed by atoms with E-state index in [1.54, 1.807) is 0 Å². The molecule has 0 saturated heterocycles. The standard InChI is InChI=1S/C9H15FO2S/c10-13(11,12)9-4-2-1-3-8(9)7-5-6-7/h7-9H,1-6H2. The Balaban J connectivity index is 2.12. The molecule has 0 spiro atoms. The van der Waals surface area contributed by atoms with Crippen LogP contribution in [0.5, 0.6) is 0 Å². The molecule has 2 unspecified atom stereocenters. The van der Waals surface area contributed by atoms with Crippen LogP contribution < -0.4 is 0 Å². The third-order valence-corrected chi connectivity index (χ3v) is 4.65. The summed E-state index contributed by atoms with van der Waals surface area (Å²) in [5.74, 6) is 0.638. The Hall–Kier alpha value is -0.120. The second-order valence-corrected chi connectivity index (χ2v) is 5.86. The van der Waals surface area contributed by atoms with E-state index in [1.807, 2.05) is 0 Å². The van der Waals surface area contributed by atoms with E-state index in [4.69, 9.17) is 0 Å². The zero-order chi connectivity index (χ0) is 9.47. The van der Waals surface area contributed by atoms with E-state index in [0.717, 1.165) is 32.1 Å². The Bertz CT molecular complexity index is 282. The van der Waals surface area contributed by atoms with Crippen LogP contribution in [0.3, 0.4) is 0 Å². The van der Waals surface area contributed by atoms with Crippen molar-refractivity contribution in [1.29, 1.82) is 0 Å². The molecular formula is C9H15FO2S. The normalized spacial score (nSPS) is 36.1. The molecule has 76 valence electrons. The van der Waals surface area contributed by atoms with E-state index >= 15 is 0 Å². The predicted octanol–water partition coefficient (Wildman–Crippen LogP) is 2.25. The lowest BCUT2D eigenvalue weighted by molar-refractivity contribution is 0.315. The van der Waals surface area contributed by atoms with E-state index in [2.05, 4.69) is 0 Å². The molecule has 2 fully saturated rings. The van der Waals surface area contributed by atoms with E-state index in [-0.39, 0.29) is 5.92 Å². The van der Waals surface area contributed by atoms with Gasteiger partial charge in [-0.2, -0.15) is 8.42 Å². The van der Waals surface area contributed by atoms with Crippen LogP contribution in [0.4, 0.5) is 3.89 Å². The van der Waals surface area contributed by atoms with Crippen LogP contribution in [0.15, 0.2) is 0 Å². The van der Waals surface area contributed by atoms with Gasteiger partial charge in [-0.05, 0) is 37.5 Å². The largest absolute Gasteiger partial charge is 0.305 e. The Morgan fingerprint density at radius 3 is 2.15 bits per heavy atom. The highest BCUT2D eigenvalue weighted by molar-refractivity contribution is 7.87. The maximum absolute atomic E-state index is 12.9. The summed E-state index contributed by atoms with van der Waals surface area (Å²) in [6.07, 6.45) is 5.62. The molecule has 0 bridgehead atoms. The maximum atomic E-state index is 12.9. The van der Waals surface area contributed by atoms with Crippen LogP contribution >= 0.6 is 0 Å². The van der Waals surface area contributed by atoms with E-state index in [1.165, 1.54) is 0 Å². The molecule has 2 atom stereocenters. The Morgan fingerprint density at radius 1 is 1.00 bits per heavy atom. The molecule has 2 aliphatic carbocycles. The third kappa shape index (κ3) is 2.03. The smallest absolute Gasteiger partial charge is 0.195 e. The quantitative estimate of drug-likeness (QED) is 0.649. The van der Waals surface area contributed by atoms with Crippen LogP contribution in [0.25, 0.3) is 0 Å². The van der Waals surface area contributed by atoms with Gasteiger partial charge in [-0.1, -0.05) is 12.8 Å². The molecule has 0 heterocycles. The van der Waals surface area contributed by atoms with Crippen molar-refractivity contribution in [1.82, 2.24) is 0 Å². The molecule has 13 heavy (non-hydrogen) atoms. The molecule has 0 aromatic heterocycles. The summed E-state index contributed by atoms with van der Waals surface area (Å²) in [5, 5.41) is -0.672. The lowest BCUT2D eigenvalue weighted by Crippen LogP contribution is -2.31. The molecule has 2 saturated carbocycles. The summed E-state index contributed by atoms with van der Waals surface area (Å²) in [5.41, 5.74) is 0. The van der Waals surface area contributed by atoms with Gasteiger partial charge in [0.05, 0.1) is 5.25 Å². The first-order valence-electron chi connectivity index (χ1n) is 5.02. The Labute approximate surface area is 78.7 Å². The van der Waals surface area contributed by atoms with Gasteiger partial charge in [-0.15, -0.1) is 3.89 Å². The zero-order valence-electron chi connectivity index (χ0n) is 7.58. The number of hydrogen-bond acceptors (Lipinski definition) is 2. The molecule has 2 nitrogen and oxygen atoms in total. The van der Waals surface area contributed by atoms with Crippen LogP contribution in [-0.4, -0.2) is 13.7 Å². The highest BCUT2D eigenvalue weighted by Crippen LogP contribution is 2.46. The molecule has 0 amide bonds. The second-order valence-electron chi connectivity index (χ2n) is 4.30. The van der Waals surface area contributed by atoms with Crippen molar-refractivity contribution in [3.8, 4) is 0 Å². The van der Waals surface area contributed by atoms with Crippen LogP contribution in [0.2, 0.25) is 0 Å². The van der Waals surface area contributed by atoms with Crippen molar-refractivity contribution in [3.05, 3.63) is 0 Å². The molecule has 0 N–H and O–H groups in total. The summed E-state index contributed by atoms with van der Waals surface area (Å²) in [6, 6.07) is 0. The zero-order valence-corrected chi connectivity index (χ0v) is 8.39. The molecule has 2 aliphatic rings. The monoisotopic (exact) mass is 206 g/mol. The third-order valence-electron chi connectivity index (χ3n) is 3.34. The predicted molar refractivity (Wildman–Crippen MR) is 48.5 cm³/mol. The van der Waals surface area contributed by atoms with Gasteiger partial charge in [0.25, 0.3) is 0 Å². The minimum absolute atomic E-state index is 0.128. The fourth-order valence-electron chi connectivity index (χ4n) is 2.54. The molecule has 0 aliphatic heterocycles. The van der Waals surface area contributed by atoms with Crippen LogP contribution in [0.1, 0.15) is 38.5 Å². The second kappa shape index (κ2) is 3.23. The minimum Gasteiger partial charge on any atom is -0.195 e. The maximum Gasteiger partial charge on any atom is 0.305 e. The first-order chi connectivity index (χ1) is 6.09. The summed E-state index contributed by atoms with van der Waals surface area (Å²) in [7, 11) is -4.28. The van der Waals surface area contributed by atoms with Crippen molar-refractivity contribution < 1.29 is 12.3 Å². The average Bonchev–Trinajstić information content (AvgIpc) is 2.85. The SMILES string of the molecule is O=S(=O)(F)C1CCCCC1C1CC1. The summed E-state index contributed by atoms with van der Waals surface area (Å²) in [4.78, 5) is 0. The number of hydrogen-bond donors (Lipinski definition) is 0. The van der Waals surface area contributed by atoms with Crippen molar-refractivity contribution in [2.45, 2.75) is 43.8 Å². The fourth-order valence-corrected chi connectivity index (χ4v) is 3.76. The van der Waals surface area contributed by atoms with Crippen LogP contribution in [-0.2, 0) is 10.2 Å². The molecule has 0 radical (unpaired) electrons. The van der Waals surface area contributed by atoms with Gasteiger partial charge in [-0.25, -0.2) is 0 Å². The molecular weight excluding hydrogens is 191 g/mol. The van der Waals surface area contributed by atoms with E-state index in [0.29, 0.717) is 12.3 Å². The summed E-state index contributed by atoms with van der Waals surface area (Å²) in [6.45, 7) is 0. The van der Waals surface area contributed by atoms with Gasteiger partial charge >= 0.3 is 10.2 Å². The molecule has 2 rings (SSSR count). The van der Waals surface area contributed by atoms with Gasteiger partial charge in [-0.3, -0.25) is 0 Å². The Morgan fingerprint density at radius 2 is 1.62 bits per heavy atom. The van der Waals surface area contributed by atoms with E-state index in [9.17, 15) is 12.3 Å². The minimum atomic E-state index is -4.28. The average molecular weight is 206 g/mol. The van der Waals surface area contributed by atoms with Crippen LogP contribution in [0, 0.1) is 11.8 Å². The Kier molecular flexibility index (Phi) is 2.34. The van der Waals surface area contributed by atoms with Gasteiger partial charge in [0.2, 0.25) is 0 Å². The highest BCUT2D eigenvalue weighted by Gasteiger charge is 2.43. The first kappa shape index (κ1) is 9.44. The summed E-state index contributed by atoms with van der Waals surface area (Å²) < 4.78 is 34.6. The van der Waals surface area contributed by atoms with Gasteiger partial charge in [0.15, 0.2) is 0 Å². The molecule has 4 heteroatoms. The lowest BCUT2D eigenvalue weighted by atomic mass is 9.85. The summed E-state index contributed by atoms with van der Waals surface area (Å²) >= 11 is 0. The van der Waals surface area contributed by atoms with Crippen molar-refractivity contribution in [2.24, 2.45) is 11.8 Å².